The van der Waals surface area contributed by atoms with Crippen LogP contribution >= 0.6 is 11.6 Å². The molecule has 0 aliphatic heterocycles. The molecule has 6 heteroatoms. The number of nitrogens with one attached hydrogen (secondary N) is 1. The lowest BCUT2D eigenvalue weighted by Crippen LogP contribution is -2.39. The summed E-state index contributed by atoms with van der Waals surface area (Å²) in [5, 5.41) is 3.71. The van der Waals surface area contributed by atoms with Gasteiger partial charge < -0.3 is 19.5 Å². The van der Waals surface area contributed by atoms with Crippen LogP contribution < -0.4 is 14.8 Å². The van der Waals surface area contributed by atoms with E-state index < -0.39 is 6.10 Å². The number of ether oxygens (including phenoxy) is 3. The third-order valence-corrected chi connectivity index (χ3v) is 4.89. The van der Waals surface area contributed by atoms with Crippen LogP contribution in [0.2, 0.25) is 5.02 Å². The normalized spacial score (nSPS) is 12.1. The molecule has 2 rings (SSSR count). The lowest BCUT2D eigenvalue weighted by atomic mass is 10.1. The van der Waals surface area contributed by atoms with Crippen LogP contribution in [0.1, 0.15) is 45.2 Å². The van der Waals surface area contributed by atoms with Crippen LogP contribution in [0.25, 0.3) is 0 Å². The van der Waals surface area contributed by atoms with E-state index in [1.54, 1.807) is 7.11 Å². The van der Waals surface area contributed by atoms with Crippen molar-refractivity contribution >= 4 is 17.5 Å². The molecule has 0 saturated carbocycles. The molecule has 1 amide bonds. The topological polar surface area (TPSA) is 56.8 Å². The van der Waals surface area contributed by atoms with Gasteiger partial charge in [0.1, 0.15) is 6.10 Å². The highest BCUT2D eigenvalue weighted by atomic mass is 35.5. The Hall–Kier alpha value is -2.24. The molecule has 0 aliphatic carbocycles. The SMILES string of the molecule is COc1cc(CCNC(=O)C(CCc2ccc(Cl)cc2)OC(C)C)ccc1OC(C)C. The zero-order valence-electron chi connectivity index (χ0n) is 19.1. The summed E-state index contributed by atoms with van der Waals surface area (Å²) in [6.45, 7) is 8.35. The van der Waals surface area contributed by atoms with Crippen LogP contribution in [0.3, 0.4) is 0 Å². The largest absolute Gasteiger partial charge is 0.493 e. The van der Waals surface area contributed by atoms with Crippen molar-refractivity contribution in [2.24, 2.45) is 0 Å². The van der Waals surface area contributed by atoms with E-state index >= 15 is 0 Å². The molecule has 170 valence electrons. The molecule has 0 radical (unpaired) electrons. The number of carbonyl (C=O) groups excluding carboxylic acids is 1. The van der Waals surface area contributed by atoms with E-state index in [1.807, 2.05) is 70.2 Å². The van der Waals surface area contributed by atoms with Crippen molar-refractivity contribution < 1.29 is 19.0 Å². The van der Waals surface area contributed by atoms with Crippen molar-refractivity contribution in [2.45, 2.75) is 65.3 Å². The molecule has 0 aromatic heterocycles. The van der Waals surface area contributed by atoms with Gasteiger partial charge in [-0.25, -0.2) is 0 Å². The Morgan fingerprint density at radius 2 is 1.61 bits per heavy atom. The molecule has 2 aromatic rings. The van der Waals surface area contributed by atoms with Crippen molar-refractivity contribution in [1.82, 2.24) is 5.32 Å². The summed E-state index contributed by atoms with van der Waals surface area (Å²) in [4.78, 5) is 12.7. The number of hydrogen-bond acceptors (Lipinski definition) is 4. The van der Waals surface area contributed by atoms with E-state index in [4.69, 9.17) is 25.8 Å². The van der Waals surface area contributed by atoms with Gasteiger partial charge in [0.05, 0.1) is 19.3 Å². The molecule has 1 N–H and O–H groups in total. The Labute approximate surface area is 191 Å². The molecule has 0 heterocycles. The molecular weight excluding hydrogens is 414 g/mol. The second-order valence-electron chi connectivity index (χ2n) is 8.03. The van der Waals surface area contributed by atoms with Gasteiger partial charge in [-0.1, -0.05) is 29.8 Å². The van der Waals surface area contributed by atoms with Crippen LogP contribution in [-0.4, -0.2) is 37.9 Å². The molecular formula is C25H34ClNO4. The zero-order chi connectivity index (χ0) is 22.8. The number of hydrogen-bond donors (Lipinski definition) is 1. The highest BCUT2D eigenvalue weighted by Crippen LogP contribution is 2.29. The predicted molar refractivity (Wildman–Crippen MR) is 125 cm³/mol. The third kappa shape index (κ3) is 8.80. The van der Waals surface area contributed by atoms with Crippen LogP contribution in [0.15, 0.2) is 42.5 Å². The Morgan fingerprint density at radius 1 is 0.935 bits per heavy atom. The van der Waals surface area contributed by atoms with Crippen LogP contribution in [0.4, 0.5) is 0 Å². The van der Waals surface area contributed by atoms with Crippen LogP contribution in [-0.2, 0) is 22.4 Å². The molecule has 0 saturated heterocycles. The summed E-state index contributed by atoms with van der Waals surface area (Å²) in [6.07, 6.45) is 1.60. The van der Waals surface area contributed by atoms with Crippen molar-refractivity contribution in [3.05, 3.63) is 58.6 Å². The quantitative estimate of drug-likeness (QED) is 0.484. The fourth-order valence-electron chi connectivity index (χ4n) is 3.20. The summed E-state index contributed by atoms with van der Waals surface area (Å²) in [5.41, 5.74) is 2.20. The van der Waals surface area contributed by atoms with E-state index in [-0.39, 0.29) is 18.1 Å². The van der Waals surface area contributed by atoms with E-state index in [0.717, 1.165) is 23.3 Å². The fourth-order valence-corrected chi connectivity index (χ4v) is 3.33. The zero-order valence-corrected chi connectivity index (χ0v) is 19.9. The highest BCUT2D eigenvalue weighted by molar-refractivity contribution is 6.30. The van der Waals surface area contributed by atoms with E-state index in [9.17, 15) is 4.79 Å². The first kappa shape index (κ1) is 25.0. The number of carbonyl (C=O) groups is 1. The van der Waals surface area contributed by atoms with Crippen LogP contribution in [0, 0.1) is 0 Å². The summed E-state index contributed by atoms with van der Waals surface area (Å²) in [5.74, 6) is 1.33. The third-order valence-electron chi connectivity index (χ3n) is 4.64. The van der Waals surface area contributed by atoms with Gasteiger partial charge in [-0.3, -0.25) is 4.79 Å². The Balaban J connectivity index is 1.90. The van der Waals surface area contributed by atoms with E-state index in [1.165, 1.54) is 0 Å². The Morgan fingerprint density at radius 3 is 2.23 bits per heavy atom. The van der Waals surface area contributed by atoms with Gasteiger partial charge in [0.25, 0.3) is 0 Å². The van der Waals surface area contributed by atoms with Crippen LogP contribution in [0.5, 0.6) is 11.5 Å². The average molecular weight is 448 g/mol. The molecule has 1 unspecified atom stereocenters. The maximum atomic E-state index is 12.7. The molecule has 31 heavy (non-hydrogen) atoms. The van der Waals surface area contributed by atoms with Crippen molar-refractivity contribution in [2.75, 3.05) is 13.7 Å². The first-order chi connectivity index (χ1) is 14.8. The summed E-state index contributed by atoms with van der Waals surface area (Å²) < 4.78 is 17.1. The lowest BCUT2D eigenvalue weighted by Gasteiger charge is -2.20. The van der Waals surface area contributed by atoms with Gasteiger partial charge in [0.15, 0.2) is 11.5 Å². The van der Waals surface area contributed by atoms with Gasteiger partial charge in [0, 0.05) is 11.6 Å². The Kier molecular flexibility index (Phi) is 10.2. The molecule has 0 bridgehead atoms. The monoisotopic (exact) mass is 447 g/mol. The molecule has 0 spiro atoms. The minimum atomic E-state index is -0.493. The maximum absolute atomic E-state index is 12.7. The minimum absolute atomic E-state index is 0.0290. The van der Waals surface area contributed by atoms with Gasteiger partial charge in [-0.2, -0.15) is 0 Å². The van der Waals surface area contributed by atoms with Gasteiger partial charge in [-0.05, 0) is 82.3 Å². The molecule has 1 atom stereocenters. The smallest absolute Gasteiger partial charge is 0.249 e. The van der Waals surface area contributed by atoms with E-state index in [2.05, 4.69) is 5.32 Å². The molecule has 0 fully saturated rings. The van der Waals surface area contributed by atoms with Crippen molar-refractivity contribution in [1.29, 1.82) is 0 Å². The maximum Gasteiger partial charge on any atom is 0.249 e. The molecule has 0 aliphatic rings. The number of aryl methyl sites for hydroxylation is 1. The number of methoxy groups -OCH3 is 1. The van der Waals surface area contributed by atoms with Gasteiger partial charge in [0.2, 0.25) is 5.91 Å². The highest BCUT2D eigenvalue weighted by Gasteiger charge is 2.20. The number of halogens is 1. The predicted octanol–water partition coefficient (Wildman–Crippen LogP) is 5.22. The van der Waals surface area contributed by atoms with Gasteiger partial charge in [-0.15, -0.1) is 0 Å². The van der Waals surface area contributed by atoms with Gasteiger partial charge >= 0.3 is 0 Å². The minimum Gasteiger partial charge on any atom is -0.493 e. The fraction of sp³-hybridized carbons (Fsp3) is 0.480. The number of rotatable bonds is 12. The van der Waals surface area contributed by atoms with E-state index in [0.29, 0.717) is 30.2 Å². The average Bonchev–Trinajstić information content (AvgIpc) is 2.72. The summed E-state index contributed by atoms with van der Waals surface area (Å²) >= 11 is 5.95. The standard InChI is InChI=1S/C25H34ClNO4/c1-17(2)30-22-12-9-20(16-24(22)29-5)14-15-27-25(28)23(31-18(3)4)13-8-19-6-10-21(26)11-7-19/h6-7,9-12,16-18,23H,8,13-15H2,1-5H3,(H,27,28). The first-order valence-corrected chi connectivity index (χ1v) is 11.2. The first-order valence-electron chi connectivity index (χ1n) is 10.8. The number of amides is 1. The van der Waals surface area contributed by atoms with Crippen molar-refractivity contribution in [3.8, 4) is 11.5 Å². The Bertz CT molecular complexity index is 821. The lowest BCUT2D eigenvalue weighted by molar-refractivity contribution is -0.136. The second-order valence-corrected chi connectivity index (χ2v) is 8.47. The van der Waals surface area contributed by atoms with Crippen molar-refractivity contribution in [3.63, 3.8) is 0 Å². The second kappa shape index (κ2) is 12.6. The molecule has 2 aromatic carbocycles. The number of benzene rings is 2. The molecule has 5 nitrogen and oxygen atoms in total. The summed E-state index contributed by atoms with van der Waals surface area (Å²) in [7, 11) is 1.63. The summed E-state index contributed by atoms with van der Waals surface area (Å²) in [6, 6.07) is 13.5.